The molecule has 0 aromatic heterocycles. The van der Waals surface area contributed by atoms with Crippen LogP contribution >= 0.6 is 0 Å². The van der Waals surface area contributed by atoms with Gasteiger partial charge in [0.2, 0.25) is 10.0 Å². The van der Waals surface area contributed by atoms with Crippen LogP contribution in [0.1, 0.15) is 13.3 Å². The molecule has 0 radical (unpaired) electrons. The molecule has 4 nitrogen and oxygen atoms in total. The van der Waals surface area contributed by atoms with Crippen LogP contribution in [0, 0.1) is 0 Å². The Morgan fingerprint density at radius 2 is 1.91 bits per heavy atom. The molecule has 0 atom stereocenters. The van der Waals surface area contributed by atoms with E-state index in [-0.39, 0.29) is 13.2 Å². The topological polar surface area (TPSA) is 57.6 Å². The maximum atomic E-state index is 10.9. The fourth-order valence-corrected chi connectivity index (χ4v) is 1.73. The van der Waals surface area contributed by atoms with Crippen LogP contribution in [0.2, 0.25) is 0 Å². The van der Waals surface area contributed by atoms with E-state index in [1.165, 1.54) is 4.31 Å². The van der Waals surface area contributed by atoms with Crippen molar-refractivity contribution in [2.45, 2.75) is 13.3 Å². The van der Waals surface area contributed by atoms with E-state index < -0.39 is 10.0 Å². The Morgan fingerprint density at radius 1 is 1.36 bits per heavy atom. The molecule has 0 aliphatic rings. The lowest BCUT2D eigenvalue weighted by atomic mass is 10.5. The van der Waals surface area contributed by atoms with Gasteiger partial charge in [-0.05, 0) is 6.42 Å². The Balaban J connectivity index is 4.11. The predicted octanol–water partition coefficient (Wildman–Crippen LogP) is -0.350. The standard InChI is InChI=1S/C6H15NO3S/c1-3-4-7(5-6-8)11(2,9)10/h8H,3-6H2,1-2H3. The van der Waals surface area contributed by atoms with Gasteiger partial charge < -0.3 is 5.11 Å². The summed E-state index contributed by atoms with van der Waals surface area (Å²) in [6, 6.07) is 0. The average Bonchev–Trinajstić information content (AvgIpc) is 1.85. The number of aliphatic hydroxyl groups excluding tert-OH is 1. The first-order valence-corrected chi connectivity index (χ1v) is 5.43. The minimum absolute atomic E-state index is 0.118. The molecule has 0 aromatic carbocycles. The van der Waals surface area contributed by atoms with Crippen molar-refractivity contribution in [3.8, 4) is 0 Å². The molecule has 1 N–H and O–H groups in total. The SMILES string of the molecule is CCCN(CCO)S(C)(=O)=O. The Labute approximate surface area is 67.9 Å². The van der Waals surface area contributed by atoms with Gasteiger partial charge in [-0.2, -0.15) is 4.31 Å². The molecule has 5 heteroatoms. The van der Waals surface area contributed by atoms with Crippen LogP contribution in [0.5, 0.6) is 0 Å². The van der Waals surface area contributed by atoms with Crippen LogP contribution in [-0.2, 0) is 10.0 Å². The largest absolute Gasteiger partial charge is 0.395 e. The molecule has 0 fully saturated rings. The van der Waals surface area contributed by atoms with Crippen LogP contribution in [-0.4, -0.2) is 43.8 Å². The van der Waals surface area contributed by atoms with Crippen LogP contribution in [0.15, 0.2) is 0 Å². The van der Waals surface area contributed by atoms with E-state index in [9.17, 15) is 8.42 Å². The monoisotopic (exact) mass is 181 g/mol. The van der Waals surface area contributed by atoms with Gasteiger partial charge >= 0.3 is 0 Å². The third kappa shape index (κ3) is 4.34. The molecule has 0 rings (SSSR count). The van der Waals surface area contributed by atoms with Crippen LogP contribution in [0.4, 0.5) is 0 Å². The van der Waals surface area contributed by atoms with Crippen molar-refractivity contribution in [3.63, 3.8) is 0 Å². The number of sulfonamides is 1. The number of hydrogen-bond donors (Lipinski definition) is 1. The highest BCUT2D eigenvalue weighted by atomic mass is 32.2. The molecule has 0 aliphatic carbocycles. The van der Waals surface area contributed by atoms with E-state index in [4.69, 9.17) is 5.11 Å². The summed E-state index contributed by atoms with van der Waals surface area (Å²) in [5.41, 5.74) is 0. The van der Waals surface area contributed by atoms with E-state index in [0.29, 0.717) is 6.54 Å². The summed E-state index contributed by atoms with van der Waals surface area (Å²) in [6.45, 7) is 2.47. The summed E-state index contributed by atoms with van der Waals surface area (Å²) in [6.07, 6.45) is 1.92. The molecule has 0 unspecified atom stereocenters. The maximum absolute atomic E-state index is 10.9. The molecule has 0 spiro atoms. The van der Waals surface area contributed by atoms with Crippen molar-refractivity contribution < 1.29 is 13.5 Å². The van der Waals surface area contributed by atoms with Gasteiger partial charge in [-0.1, -0.05) is 6.92 Å². The first kappa shape index (κ1) is 10.9. The second-order valence-electron chi connectivity index (χ2n) is 2.39. The highest BCUT2D eigenvalue weighted by molar-refractivity contribution is 7.88. The molecular formula is C6H15NO3S. The van der Waals surface area contributed by atoms with E-state index in [2.05, 4.69) is 0 Å². The highest BCUT2D eigenvalue weighted by Crippen LogP contribution is 1.97. The smallest absolute Gasteiger partial charge is 0.211 e. The maximum Gasteiger partial charge on any atom is 0.211 e. The highest BCUT2D eigenvalue weighted by Gasteiger charge is 2.13. The number of nitrogens with zero attached hydrogens (tertiary/aromatic N) is 1. The first-order valence-electron chi connectivity index (χ1n) is 3.58. The van der Waals surface area contributed by atoms with Gasteiger partial charge in [-0.15, -0.1) is 0 Å². The minimum Gasteiger partial charge on any atom is -0.395 e. The molecule has 0 saturated carbocycles. The summed E-state index contributed by atoms with van der Waals surface area (Å²) < 4.78 is 23.1. The Bertz CT molecular complexity index is 182. The van der Waals surface area contributed by atoms with E-state index in [1.54, 1.807) is 0 Å². The summed E-state index contributed by atoms with van der Waals surface area (Å²) in [5.74, 6) is 0. The third-order valence-electron chi connectivity index (χ3n) is 1.29. The van der Waals surface area contributed by atoms with Gasteiger partial charge in [0.1, 0.15) is 0 Å². The molecule has 0 amide bonds. The molecule has 0 aromatic rings. The minimum atomic E-state index is -3.12. The van der Waals surface area contributed by atoms with Gasteiger partial charge in [0, 0.05) is 13.1 Å². The lowest BCUT2D eigenvalue weighted by Gasteiger charge is -2.17. The van der Waals surface area contributed by atoms with Gasteiger partial charge in [-0.3, -0.25) is 0 Å². The zero-order chi connectivity index (χ0) is 8.91. The molecule has 68 valence electrons. The Morgan fingerprint density at radius 3 is 2.18 bits per heavy atom. The van der Waals surface area contributed by atoms with Crippen molar-refractivity contribution in [3.05, 3.63) is 0 Å². The van der Waals surface area contributed by atoms with Crippen molar-refractivity contribution >= 4 is 10.0 Å². The molecule has 0 bridgehead atoms. The van der Waals surface area contributed by atoms with Crippen LogP contribution < -0.4 is 0 Å². The second kappa shape index (κ2) is 4.69. The van der Waals surface area contributed by atoms with Gasteiger partial charge in [0.05, 0.1) is 12.9 Å². The molecule has 0 aliphatic heterocycles. The fourth-order valence-electron chi connectivity index (χ4n) is 0.804. The van der Waals surface area contributed by atoms with Crippen molar-refractivity contribution in [1.82, 2.24) is 4.31 Å². The van der Waals surface area contributed by atoms with Gasteiger partial charge in [-0.25, -0.2) is 8.42 Å². The molecular weight excluding hydrogens is 166 g/mol. The van der Waals surface area contributed by atoms with Crippen LogP contribution in [0.25, 0.3) is 0 Å². The second-order valence-corrected chi connectivity index (χ2v) is 4.37. The third-order valence-corrected chi connectivity index (χ3v) is 2.59. The molecule has 11 heavy (non-hydrogen) atoms. The lowest BCUT2D eigenvalue weighted by Crippen LogP contribution is -2.33. The number of rotatable bonds is 5. The summed E-state index contributed by atoms with van der Waals surface area (Å²) in [7, 11) is -3.12. The van der Waals surface area contributed by atoms with Crippen LogP contribution in [0.3, 0.4) is 0 Å². The number of aliphatic hydroxyl groups is 1. The quantitative estimate of drug-likeness (QED) is 0.630. The van der Waals surface area contributed by atoms with E-state index in [0.717, 1.165) is 12.7 Å². The zero-order valence-electron chi connectivity index (χ0n) is 6.95. The fraction of sp³-hybridized carbons (Fsp3) is 1.00. The molecule has 0 heterocycles. The Hall–Kier alpha value is -0.130. The van der Waals surface area contributed by atoms with E-state index >= 15 is 0 Å². The molecule has 0 saturated heterocycles. The zero-order valence-corrected chi connectivity index (χ0v) is 7.76. The lowest BCUT2D eigenvalue weighted by molar-refractivity contribution is 0.254. The first-order chi connectivity index (χ1) is 5.02. The summed E-state index contributed by atoms with van der Waals surface area (Å²) in [4.78, 5) is 0. The van der Waals surface area contributed by atoms with Crippen molar-refractivity contribution in [2.24, 2.45) is 0 Å². The van der Waals surface area contributed by atoms with Crippen molar-refractivity contribution in [1.29, 1.82) is 0 Å². The van der Waals surface area contributed by atoms with Crippen molar-refractivity contribution in [2.75, 3.05) is 26.0 Å². The normalized spacial score (nSPS) is 12.4. The number of hydrogen-bond acceptors (Lipinski definition) is 3. The predicted molar refractivity (Wildman–Crippen MR) is 43.8 cm³/mol. The van der Waals surface area contributed by atoms with Gasteiger partial charge in [0.25, 0.3) is 0 Å². The van der Waals surface area contributed by atoms with E-state index in [1.807, 2.05) is 6.92 Å². The summed E-state index contributed by atoms with van der Waals surface area (Å²) >= 11 is 0. The van der Waals surface area contributed by atoms with Gasteiger partial charge in [0.15, 0.2) is 0 Å². The Kier molecular flexibility index (Phi) is 4.63. The average molecular weight is 181 g/mol. The summed E-state index contributed by atoms with van der Waals surface area (Å²) in [5, 5.41) is 8.52.